The number of hydrogen-bond acceptors (Lipinski definition) is 2. The predicted octanol–water partition coefficient (Wildman–Crippen LogP) is 3.22. The molecule has 0 aliphatic heterocycles. The minimum absolute atomic E-state index is 0.0572. The number of nitriles is 1. The molecule has 0 saturated heterocycles. The molecule has 0 saturated carbocycles. The van der Waals surface area contributed by atoms with Gasteiger partial charge >= 0.3 is 0 Å². The summed E-state index contributed by atoms with van der Waals surface area (Å²) in [6, 6.07) is 18.3. The van der Waals surface area contributed by atoms with Crippen LogP contribution in [0, 0.1) is 11.3 Å². The fourth-order valence-electron chi connectivity index (χ4n) is 1.89. The Morgan fingerprint density at radius 2 is 1.74 bits per heavy atom. The van der Waals surface area contributed by atoms with Crippen LogP contribution in [0.2, 0.25) is 0 Å². The van der Waals surface area contributed by atoms with Crippen LogP contribution in [0.5, 0.6) is 0 Å². The van der Waals surface area contributed by atoms with Gasteiger partial charge in [-0.15, -0.1) is 0 Å². The molecule has 0 atom stereocenters. The van der Waals surface area contributed by atoms with E-state index in [2.05, 4.69) is 0 Å². The van der Waals surface area contributed by atoms with Crippen molar-refractivity contribution in [3.63, 3.8) is 0 Å². The van der Waals surface area contributed by atoms with Gasteiger partial charge < -0.3 is 4.90 Å². The van der Waals surface area contributed by atoms with Crippen molar-refractivity contribution in [1.82, 2.24) is 0 Å². The second-order valence-electron chi connectivity index (χ2n) is 4.07. The molecule has 0 bridgehead atoms. The van der Waals surface area contributed by atoms with Gasteiger partial charge in [-0.3, -0.25) is 4.79 Å². The molecule has 0 aliphatic rings. The summed E-state index contributed by atoms with van der Waals surface area (Å²) in [5, 5.41) is 8.76. The minimum atomic E-state index is -0.0572. The Bertz CT molecular complexity index is 597. The second-order valence-corrected chi connectivity index (χ2v) is 4.07. The lowest BCUT2D eigenvalue weighted by Gasteiger charge is -2.21. The average molecular weight is 250 g/mol. The molecule has 3 heteroatoms. The molecule has 0 fully saturated rings. The number of carbonyl (C=O) groups excluding carboxylic acids is 1. The van der Waals surface area contributed by atoms with Crippen molar-refractivity contribution in [2.45, 2.75) is 6.92 Å². The van der Waals surface area contributed by atoms with Crippen molar-refractivity contribution in [2.75, 3.05) is 11.4 Å². The third kappa shape index (κ3) is 2.80. The molecule has 1 amide bonds. The fraction of sp³-hybridized carbons (Fsp3) is 0.125. The van der Waals surface area contributed by atoms with Crippen LogP contribution in [0.1, 0.15) is 22.8 Å². The Balaban J connectivity index is 2.28. The molecule has 0 radical (unpaired) electrons. The summed E-state index contributed by atoms with van der Waals surface area (Å²) < 4.78 is 0. The first-order valence-electron chi connectivity index (χ1n) is 6.13. The van der Waals surface area contributed by atoms with Gasteiger partial charge in [-0.2, -0.15) is 5.26 Å². The second kappa shape index (κ2) is 5.83. The van der Waals surface area contributed by atoms with E-state index in [1.54, 1.807) is 29.2 Å². The van der Waals surface area contributed by atoms with E-state index < -0.39 is 0 Å². The van der Waals surface area contributed by atoms with Crippen molar-refractivity contribution in [3.05, 3.63) is 65.7 Å². The molecule has 2 aromatic carbocycles. The van der Waals surface area contributed by atoms with Crippen LogP contribution in [-0.2, 0) is 0 Å². The van der Waals surface area contributed by atoms with Crippen LogP contribution in [0.25, 0.3) is 0 Å². The lowest BCUT2D eigenvalue weighted by molar-refractivity contribution is 0.0988. The molecule has 3 nitrogen and oxygen atoms in total. The normalized spacial score (nSPS) is 9.68. The molecular formula is C16H14N2O. The molecule has 2 aromatic rings. The molecule has 0 aliphatic carbocycles. The number of amides is 1. The van der Waals surface area contributed by atoms with Crippen LogP contribution >= 0.6 is 0 Å². The predicted molar refractivity (Wildman–Crippen MR) is 74.9 cm³/mol. The van der Waals surface area contributed by atoms with Crippen molar-refractivity contribution < 1.29 is 4.79 Å². The fourth-order valence-corrected chi connectivity index (χ4v) is 1.89. The highest BCUT2D eigenvalue weighted by Gasteiger charge is 2.15. The summed E-state index contributed by atoms with van der Waals surface area (Å²) >= 11 is 0. The van der Waals surface area contributed by atoms with E-state index in [0.29, 0.717) is 17.7 Å². The first kappa shape index (κ1) is 12.8. The molecule has 2 rings (SSSR count). The number of rotatable bonds is 3. The van der Waals surface area contributed by atoms with Gasteiger partial charge in [0.05, 0.1) is 11.6 Å². The molecule has 0 heterocycles. The maximum atomic E-state index is 12.4. The largest absolute Gasteiger partial charge is 0.309 e. The van der Waals surface area contributed by atoms with E-state index in [0.717, 1.165) is 5.69 Å². The lowest BCUT2D eigenvalue weighted by Crippen LogP contribution is -2.30. The quantitative estimate of drug-likeness (QED) is 0.839. The third-order valence-corrected chi connectivity index (χ3v) is 2.89. The number of carbonyl (C=O) groups is 1. The first-order valence-corrected chi connectivity index (χ1v) is 6.13. The van der Waals surface area contributed by atoms with E-state index in [9.17, 15) is 4.79 Å². The molecule has 0 aromatic heterocycles. The molecule has 94 valence electrons. The highest BCUT2D eigenvalue weighted by Crippen LogP contribution is 2.16. The SMILES string of the molecule is CCN(C(=O)c1ccc(C#N)cc1)c1ccccc1. The molecule has 19 heavy (non-hydrogen) atoms. The van der Waals surface area contributed by atoms with Crippen molar-refractivity contribution in [3.8, 4) is 6.07 Å². The van der Waals surface area contributed by atoms with Gasteiger partial charge in [0.15, 0.2) is 0 Å². The number of nitrogens with zero attached hydrogens (tertiary/aromatic N) is 2. The topological polar surface area (TPSA) is 44.1 Å². The smallest absolute Gasteiger partial charge is 0.258 e. The summed E-state index contributed by atoms with van der Waals surface area (Å²) in [7, 11) is 0. The van der Waals surface area contributed by atoms with Gasteiger partial charge in [0.1, 0.15) is 0 Å². The van der Waals surface area contributed by atoms with Crippen molar-refractivity contribution in [1.29, 1.82) is 5.26 Å². The average Bonchev–Trinajstić information content (AvgIpc) is 2.49. The van der Waals surface area contributed by atoms with Crippen LogP contribution in [0.4, 0.5) is 5.69 Å². The zero-order valence-electron chi connectivity index (χ0n) is 10.7. The van der Waals surface area contributed by atoms with Gasteiger partial charge in [-0.25, -0.2) is 0 Å². The zero-order chi connectivity index (χ0) is 13.7. The summed E-state index contributed by atoms with van der Waals surface area (Å²) in [5.74, 6) is -0.0572. The Morgan fingerprint density at radius 3 is 2.26 bits per heavy atom. The first-order chi connectivity index (χ1) is 9.26. The zero-order valence-corrected chi connectivity index (χ0v) is 10.7. The summed E-state index contributed by atoms with van der Waals surface area (Å²) in [6.07, 6.45) is 0. The van der Waals surface area contributed by atoms with Crippen LogP contribution < -0.4 is 4.90 Å². The van der Waals surface area contributed by atoms with E-state index in [4.69, 9.17) is 5.26 Å². The molecule has 0 spiro atoms. The minimum Gasteiger partial charge on any atom is -0.309 e. The van der Waals surface area contributed by atoms with E-state index >= 15 is 0 Å². The maximum absolute atomic E-state index is 12.4. The lowest BCUT2D eigenvalue weighted by atomic mass is 10.1. The monoisotopic (exact) mass is 250 g/mol. The van der Waals surface area contributed by atoms with Crippen LogP contribution in [0.15, 0.2) is 54.6 Å². The summed E-state index contributed by atoms with van der Waals surface area (Å²) in [6.45, 7) is 2.54. The van der Waals surface area contributed by atoms with Gasteiger partial charge in [0.2, 0.25) is 0 Å². The Hall–Kier alpha value is -2.60. The summed E-state index contributed by atoms with van der Waals surface area (Å²) in [4.78, 5) is 14.1. The maximum Gasteiger partial charge on any atom is 0.258 e. The van der Waals surface area contributed by atoms with E-state index in [1.807, 2.05) is 43.3 Å². The Kier molecular flexibility index (Phi) is 3.94. The van der Waals surface area contributed by atoms with E-state index in [-0.39, 0.29) is 5.91 Å². The van der Waals surface area contributed by atoms with Crippen LogP contribution in [-0.4, -0.2) is 12.5 Å². The highest BCUT2D eigenvalue weighted by atomic mass is 16.2. The Labute approximate surface area is 112 Å². The van der Waals surface area contributed by atoms with Gasteiger partial charge in [-0.05, 0) is 43.3 Å². The van der Waals surface area contributed by atoms with Gasteiger partial charge in [0, 0.05) is 17.8 Å². The van der Waals surface area contributed by atoms with Gasteiger partial charge in [-0.1, -0.05) is 18.2 Å². The number of para-hydroxylation sites is 1. The third-order valence-electron chi connectivity index (χ3n) is 2.89. The molecule has 0 unspecified atom stereocenters. The standard InChI is InChI=1S/C16H14N2O/c1-2-18(15-6-4-3-5-7-15)16(19)14-10-8-13(12-17)9-11-14/h3-11H,2H2,1H3. The van der Waals surface area contributed by atoms with E-state index in [1.165, 1.54) is 0 Å². The van der Waals surface area contributed by atoms with Crippen LogP contribution in [0.3, 0.4) is 0 Å². The number of anilines is 1. The van der Waals surface area contributed by atoms with Crippen molar-refractivity contribution >= 4 is 11.6 Å². The summed E-state index contributed by atoms with van der Waals surface area (Å²) in [5.41, 5.74) is 2.02. The molecule has 0 N–H and O–H groups in total. The number of benzene rings is 2. The Morgan fingerprint density at radius 1 is 1.11 bits per heavy atom. The van der Waals surface area contributed by atoms with Gasteiger partial charge in [0.25, 0.3) is 5.91 Å². The van der Waals surface area contributed by atoms with Crippen molar-refractivity contribution in [2.24, 2.45) is 0 Å². The molecular weight excluding hydrogens is 236 g/mol. The highest BCUT2D eigenvalue weighted by molar-refractivity contribution is 6.06. The number of hydrogen-bond donors (Lipinski definition) is 0.